The number of amides is 2. The molecule has 0 saturated carbocycles. The highest BCUT2D eigenvalue weighted by atomic mass is 35.5. The van der Waals surface area contributed by atoms with Gasteiger partial charge in [0.25, 0.3) is 0 Å². The van der Waals surface area contributed by atoms with Crippen LogP contribution < -0.4 is 5.32 Å². The summed E-state index contributed by atoms with van der Waals surface area (Å²) < 4.78 is 0. The maximum absolute atomic E-state index is 12.5. The lowest BCUT2D eigenvalue weighted by molar-refractivity contribution is -0.139. The molecule has 2 aliphatic heterocycles. The lowest BCUT2D eigenvalue weighted by atomic mass is 10.0. The maximum Gasteiger partial charge on any atom is 0.236 e. The Labute approximate surface area is 163 Å². The fourth-order valence-electron chi connectivity index (χ4n) is 3.21. The normalized spacial score (nSPS) is 21.0. The fraction of sp³-hybridized carbons (Fsp3) is 0.529. The van der Waals surface area contributed by atoms with Crippen LogP contribution in [0.4, 0.5) is 0 Å². The predicted molar refractivity (Wildman–Crippen MR) is 104 cm³/mol. The smallest absolute Gasteiger partial charge is 0.236 e. The molecule has 0 aromatic heterocycles. The highest BCUT2D eigenvalue weighted by molar-refractivity contribution is 8.00. The average Bonchev–Trinajstić information content (AvgIpc) is 2.61. The van der Waals surface area contributed by atoms with Gasteiger partial charge in [0, 0.05) is 42.1 Å². The van der Waals surface area contributed by atoms with Crippen LogP contribution in [0.5, 0.6) is 0 Å². The summed E-state index contributed by atoms with van der Waals surface area (Å²) in [5.74, 6) is 0.711. The van der Waals surface area contributed by atoms with Gasteiger partial charge in [0.15, 0.2) is 0 Å². The number of thioether (sulfide) groups is 1. The second-order valence-electron chi connectivity index (χ2n) is 6.14. The van der Waals surface area contributed by atoms with Gasteiger partial charge in [0.1, 0.15) is 0 Å². The zero-order valence-electron chi connectivity index (χ0n) is 13.9. The first-order chi connectivity index (χ1) is 11.6. The number of likely N-dealkylation sites (tertiary alicyclic amines) is 1. The molecule has 0 bridgehead atoms. The van der Waals surface area contributed by atoms with Gasteiger partial charge in [-0.25, -0.2) is 0 Å². The van der Waals surface area contributed by atoms with Gasteiger partial charge in [-0.05, 0) is 37.1 Å². The van der Waals surface area contributed by atoms with Crippen LogP contribution in [-0.4, -0.2) is 66.1 Å². The zero-order valence-corrected chi connectivity index (χ0v) is 16.3. The molecule has 138 valence electrons. The first-order valence-corrected chi connectivity index (χ1v) is 9.66. The van der Waals surface area contributed by atoms with Crippen molar-refractivity contribution in [2.75, 3.05) is 38.5 Å². The number of piperazine rings is 1. The third-order valence-electron chi connectivity index (χ3n) is 4.49. The molecule has 0 radical (unpaired) electrons. The van der Waals surface area contributed by atoms with Crippen LogP contribution >= 0.6 is 35.8 Å². The summed E-state index contributed by atoms with van der Waals surface area (Å²) in [6.07, 6.45) is 1.94. The van der Waals surface area contributed by atoms with Crippen molar-refractivity contribution in [1.29, 1.82) is 0 Å². The molecule has 25 heavy (non-hydrogen) atoms. The molecule has 8 heteroatoms. The van der Waals surface area contributed by atoms with Gasteiger partial charge < -0.3 is 15.1 Å². The molecule has 1 N–H and O–H groups in total. The van der Waals surface area contributed by atoms with Crippen molar-refractivity contribution in [2.24, 2.45) is 0 Å². The van der Waals surface area contributed by atoms with Crippen LogP contribution in [0.1, 0.15) is 12.8 Å². The molecule has 0 aliphatic carbocycles. The summed E-state index contributed by atoms with van der Waals surface area (Å²) in [4.78, 5) is 29.5. The standard InChI is InChI=1S/C17H22ClN3O2S.ClH/c18-13-3-5-15(6-4-13)24-12-17(23)20-8-1-2-14(11-20)21-9-7-19-10-16(21)22;/h3-6,14,19H,1-2,7-12H2;1H. The van der Waals surface area contributed by atoms with Crippen LogP contribution in [-0.2, 0) is 9.59 Å². The predicted octanol–water partition coefficient (Wildman–Crippen LogP) is 2.28. The highest BCUT2D eigenvalue weighted by Crippen LogP contribution is 2.22. The molecule has 2 amide bonds. The first-order valence-electron chi connectivity index (χ1n) is 8.30. The quantitative estimate of drug-likeness (QED) is 0.783. The average molecular weight is 404 g/mol. The van der Waals surface area contributed by atoms with Gasteiger partial charge in [0.2, 0.25) is 11.8 Å². The third kappa shape index (κ3) is 5.51. The number of halogens is 2. The molecular formula is C17H23Cl2N3O2S. The number of carbonyl (C=O) groups is 2. The van der Waals surface area contributed by atoms with E-state index in [1.807, 2.05) is 34.1 Å². The number of hydrogen-bond donors (Lipinski definition) is 1. The van der Waals surface area contributed by atoms with Crippen molar-refractivity contribution in [3.63, 3.8) is 0 Å². The largest absolute Gasteiger partial charge is 0.340 e. The lowest BCUT2D eigenvalue weighted by Crippen LogP contribution is -2.57. The minimum absolute atomic E-state index is 0. The van der Waals surface area contributed by atoms with Crippen molar-refractivity contribution in [2.45, 2.75) is 23.8 Å². The van der Waals surface area contributed by atoms with Crippen LogP contribution in [0.15, 0.2) is 29.2 Å². The van der Waals surface area contributed by atoms with Gasteiger partial charge >= 0.3 is 0 Å². The fourth-order valence-corrected chi connectivity index (χ4v) is 4.14. The molecule has 0 spiro atoms. The van der Waals surface area contributed by atoms with Crippen LogP contribution in [0.2, 0.25) is 5.02 Å². The second kappa shape index (κ2) is 9.67. The van der Waals surface area contributed by atoms with E-state index in [4.69, 9.17) is 11.6 Å². The van der Waals surface area contributed by atoms with E-state index in [1.54, 1.807) is 0 Å². The molecule has 1 aromatic rings. The Balaban J connectivity index is 0.00000225. The van der Waals surface area contributed by atoms with Crippen LogP contribution in [0.25, 0.3) is 0 Å². The molecule has 1 unspecified atom stereocenters. The Morgan fingerprint density at radius 1 is 1.28 bits per heavy atom. The molecular weight excluding hydrogens is 381 g/mol. The van der Waals surface area contributed by atoms with Gasteiger partial charge in [0.05, 0.1) is 12.3 Å². The molecule has 3 rings (SSSR count). The van der Waals surface area contributed by atoms with E-state index in [0.29, 0.717) is 23.9 Å². The summed E-state index contributed by atoms with van der Waals surface area (Å²) in [6, 6.07) is 7.69. The second-order valence-corrected chi connectivity index (χ2v) is 7.63. The van der Waals surface area contributed by atoms with Crippen molar-refractivity contribution >= 4 is 47.6 Å². The molecule has 2 heterocycles. The van der Waals surface area contributed by atoms with E-state index in [9.17, 15) is 9.59 Å². The molecule has 2 aliphatic rings. The monoisotopic (exact) mass is 403 g/mol. The van der Waals surface area contributed by atoms with Crippen molar-refractivity contribution in [1.82, 2.24) is 15.1 Å². The minimum Gasteiger partial charge on any atom is -0.340 e. The highest BCUT2D eigenvalue weighted by Gasteiger charge is 2.31. The van der Waals surface area contributed by atoms with Gasteiger partial charge in [-0.1, -0.05) is 11.6 Å². The topological polar surface area (TPSA) is 52.7 Å². The summed E-state index contributed by atoms with van der Waals surface area (Å²) in [5, 5.41) is 3.79. The van der Waals surface area contributed by atoms with E-state index in [-0.39, 0.29) is 30.3 Å². The van der Waals surface area contributed by atoms with Gasteiger partial charge in [-0.15, -0.1) is 24.2 Å². The van der Waals surface area contributed by atoms with E-state index in [0.717, 1.165) is 37.4 Å². The number of carbonyl (C=O) groups excluding carboxylic acids is 2. The molecule has 1 aromatic carbocycles. The van der Waals surface area contributed by atoms with Gasteiger partial charge in [-0.3, -0.25) is 9.59 Å². The number of nitrogens with one attached hydrogen (secondary N) is 1. The van der Waals surface area contributed by atoms with Gasteiger partial charge in [-0.2, -0.15) is 0 Å². The number of rotatable bonds is 4. The molecule has 2 fully saturated rings. The zero-order chi connectivity index (χ0) is 16.9. The molecule has 2 saturated heterocycles. The summed E-state index contributed by atoms with van der Waals surface area (Å²) in [5.41, 5.74) is 0. The molecule has 5 nitrogen and oxygen atoms in total. The summed E-state index contributed by atoms with van der Waals surface area (Å²) in [7, 11) is 0. The Morgan fingerprint density at radius 2 is 2.04 bits per heavy atom. The van der Waals surface area contributed by atoms with Crippen molar-refractivity contribution in [3.8, 4) is 0 Å². The summed E-state index contributed by atoms with van der Waals surface area (Å²) >= 11 is 7.40. The number of benzene rings is 1. The SMILES string of the molecule is Cl.O=C(CSc1ccc(Cl)cc1)N1CCCC(N2CCNCC2=O)C1. The Hall–Kier alpha value is -0.950. The number of hydrogen-bond acceptors (Lipinski definition) is 4. The lowest BCUT2D eigenvalue weighted by Gasteiger charge is -2.41. The van der Waals surface area contributed by atoms with Crippen molar-refractivity contribution in [3.05, 3.63) is 29.3 Å². The number of piperidine rings is 1. The Kier molecular flexibility index (Phi) is 7.87. The first kappa shape index (κ1) is 20.4. The van der Waals surface area contributed by atoms with E-state index in [2.05, 4.69) is 5.32 Å². The van der Waals surface area contributed by atoms with E-state index >= 15 is 0 Å². The van der Waals surface area contributed by atoms with Crippen LogP contribution in [0.3, 0.4) is 0 Å². The van der Waals surface area contributed by atoms with E-state index < -0.39 is 0 Å². The number of nitrogens with zero attached hydrogens (tertiary/aromatic N) is 2. The van der Waals surface area contributed by atoms with Crippen LogP contribution in [0, 0.1) is 0 Å². The molecule has 1 atom stereocenters. The van der Waals surface area contributed by atoms with Crippen molar-refractivity contribution < 1.29 is 9.59 Å². The minimum atomic E-state index is 0. The third-order valence-corrected chi connectivity index (χ3v) is 5.74. The summed E-state index contributed by atoms with van der Waals surface area (Å²) in [6.45, 7) is 3.44. The Morgan fingerprint density at radius 3 is 2.76 bits per heavy atom. The Bertz CT molecular complexity index is 600. The van der Waals surface area contributed by atoms with E-state index in [1.165, 1.54) is 11.8 Å². The maximum atomic E-state index is 12.5.